The van der Waals surface area contributed by atoms with Crippen molar-refractivity contribution in [2.24, 2.45) is 5.92 Å². The van der Waals surface area contributed by atoms with Gasteiger partial charge in [-0.05, 0) is 44.0 Å². The van der Waals surface area contributed by atoms with Crippen LogP contribution < -0.4 is 35.2 Å². The first-order valence-electron chi connectivity index (χ1n) is 13.8. The van der Waals surface area contributed by atoms with Gasteiger partial charge in [-0.25, -0.2) is 9.78 Å². The Balaban J connectivity index is 1.45. The van der Waals surface area contributed by atoms with Crippen LogP contribution in [0.15, 0.2) is 61.3 Å². The maximum atomic E-state index is 14.1. The van der Waals surface area contributed by atoms with Gasteiger partial charge >= 0.3 is 6.03 Å². The van der Waals surface area contributed by atoms with Gasteiger partial charge in [-0.2, -0.15) is 4.98 Å². The van der Waals surface area contributed by atoms with Crippen molar-refractivity contribution in [2.75, 3.05) is 67.6 Å². The van der Waals surface area contributed by atoms with E-state index in [1.54, 1.807) is 42.4 Å². The molecule has 2 amide bonds. The number of hydrogen-bond donors (Lipinski definition) is 3. The highest BCUT2D eigenvalue weighted by Gasteiger charge is 2.35. The number of nitrogens with one attached hydrogen (secondary N) is 3. The number of hydrogen-bond acceptors (Lipinski definition) is 9. The van der Waals surface area contributed by atoms with E-state index >= 15 is 0 Å². The average Bonchev–Trinajstić information content (AvgIpc) is 3.01. The molecule has 3 heterocycles. The number of methoxy groups -OCH3 is 2. The van der Waals surface area contributed by atoms with E-state index in [1.807, 2.05) is 36.4 Å². The van der Waals surface area contributed by atoms with Crippen molar-refractivity contribution in [1.82, 2.24) is 15.3 Å². The van der Waals surface area contributed by atoms with Crippen LogP contribution in [0.4, 0.5) is 33.6 Å². The second kappa shape index (κ2) is 13.3. The van der Waals surface area contributed by atoms with Crippen molar-refractivity contribution in [3.8, 4) is 11.5 Å². The molecule has 41 heavy (non-hydrogen) atoms. The lowest BCUT2D eigenvalue weighted by Crippen LogP contribution is -2.50. The fourth-order valence-corrected chi connectivity index (χ4v) is 5.05. The number of fused-ring (bicyclic) bond motifs is 1. The molecule has 1 fully saturated rings. The Morgan fingerprint density at radius 3 is 2.54 bits per heavy atom. The molecule has 0 radical (unpaired) electrons. The standard InChI is InChI=1S/C30H37N7O4/c1-4-13-41-20-33-26-7-5-6-8-27(26)34-29-32-17-22-19-36(23-14-24(39-2)16-25(15-23)40-3)30(38)37(28(22)35-29)18-21-9-11-31-12-10-21/h4-8,14-17,21,31,33H,1,9-13,18-20H2,2-3H3,(H,32,34,35). The summed E-state index contributed by atoms with van der Waals surface area (Å²) in [4.78, 5) is 27.1. The summed E-state index contributed by atoms with van der Waals surface area (Å²) in [6.45, 7) is 7.23. The molecule has 0 atom stereocenters. The lowest BCUT2D eigenvalue weighted by Gasteiger charge is -2.38. The lowest BCUT2D eigenvalue weighted by molar-refractivity contribution is 0.183. The summed E-state index contributed by atoms with van der Waals surface area (Å²) in [7, 11) is 3.19. The number of para-hydroxylation sites is 2. The van der Waals surface area contributed by atoms with E-state index in [2.05, 4.69) is 27.5 Å². The van der Waals surface area contributed by atoms with E-state index < -0.39 is 0 Å². The third-order valence-corrected chi connectivity index (χ3v) is 7.21. The molecule has 0 unspecified atom stereocenters. The van der Waals surface area contributed by atoms with Crippen LogP contribution in [-0.4, -0.2) is 63.2 Å². The van der Waals surface area contributed by atoms with Crippen LogP contribution in [-0.2, 0) is 11.3 Å². The first kappa shape index (κ1) is 28.2. The predicted octanol–water partition coefficient (Wildman–Crippen LogP) is 4.76. The van der Waals surface area contributed by atoms with Crippen LogP contribution in [0.5, 0.6) is 11.5 Å². The zero-order valence-corrected chi connectivity index (χ0v) is 23.6. The van der Waals surface area contributed by atoms with Gasteiger partial charge in [0.1, 0.15) is 24.0 Å². The zero-order valence-electron chi connectivity index (χ0n) is 23.6. The van der Waals surface area contributed by atoms with Crippen molar-refractivity contribution in [2.45, 2.75) is 19.4 Å². The number of carbonyl (C=O) groups excluding carboxylic acids is 1. The fourth-order valence-electron chi connectivity index (χ4n) is 5.05. The van der Waals surface area contributed by atoms with Crippen LogP contribution in [0.2, 0.25) is 0 Å². The van der Waals surface area contributed by atoms with Crippen molar-refractivity contribution in [3.05, 3.63) is 66.9 Å². The number of rotatable bonds is 12. The van der Waals surface area contributed by atoms with Crippen molar-refractivity contribution in [1.29, 1.82) is 0 Å². The number of aromatic nitrogens is 2. The van der Waals surface area contributed by atoms with Crippen molar-refractivity contribution in [3.63, 3.8) is 0 Å². The smallest absolute Gasteiger partial charge is 0.330 e. The van der Waals surface area contributed by atoms with E-state index in [1.165, 1.54) is 0 Å². The molecule has 3 N–H and O–H groups in total. The maximum Gasteiger partial charge on any atom is 0.330 e. The predicted molar refractivity (Wildman–Crippen MR) is 160 cm³/mol. The molecular formula is C30H37N7O4. The molecule has 216 valence electrons. The maximum absolute atomic E-state index is 14.1. The summed E-state index contributed by atoms with van der Waals surface area (Å²) in [6, 6.07) is 13.1. The number of anilines is 5. The Kier molecular flexibility index (Phi) is 9.17. The number of amides is 2. The number of carbonyl (C=O) groups is 1. The third-order valence-electron chi connectivity index (χ3n) is 7.21. The van der Waals surface area contributed by atoms with E-state index in [0.717, 1.165) is 42.9 Å². The minimum Gasteiger partial charge on any atom is -0.497 e. The summed E-state index contributed by atoms with van der Waals surface area (Å²) in [5.74, 6) is 2.61. The Hall–Kier alpha value is -4.35. The highest BCUT2D eigenvalue weighted by molar-refractivity contribution is 6.05. The molecule has 5 rings (SSSR count). The molecule has 11 nitrogen and oxygen atoms in total. The molecule has 1 aromatic heterocycles. The second-order valence-corrected chi connectivity index (χ2v) is 9.94. The summed E-state index contributed by atoms with van der Waals surface area (Å²) < 4.78 is 16.4. The summed E-state index contributed by atoms with van der Waals surface area (Å²) in [5.41, 5.74) is 3.19. The largest absolute Gasteiger partial charge is 0.497 e. The van der Waals surface area contributed by atoms with Crippen LogP contribution >= 0.6 is 0 Å². The first-order chi connectivity index (χ1) is 20.1. The van der Waals surface area contributed by atoms with Gasteiger partial charge in [0, 0.05) is 36.5 Å². The third kappa shape index (κ3) is 6.69. The zero-order chi connectivity index (χ0) is 28.6. The topological polar surface area (TPSA) is 113 Å². The van der Waals surface area contributed by atoms with E-state index in [9.17, 15) is 4.79 Å². The van der Waals surface area contributed by atoms with Crippen LogP contribution in [0.25, 0.3) is 0 Å². The highest BCUT2D eigenvalue weighted by atomic mass is 16.5. The van der Waals surface area contributed by atoms with Gasteiger partial charge in [0.2, 0.25) is 5.95 Å². The van der Waals surface area contributed by atoms with Gasteiger partial charge in [0.15, 0.2) is 0 Å². The molecule has 0 spiro atoms. The quantitative estimate of drug-likeness (QED) is 0.164. The number of piperidine rings is 1. The van der Waals surface area contributed by atoms with Crippen molar-refractivity contribution < 1.29 is 19.0 Å². The second-order valence-electron chi connectivity index (χ2n) is 9.94. The molecule has 3 aromatic rings. The van der Waals surface area contributed by atoms with Crippen LogP contribution in [0.1, 0.15) is 18.4 Å². The van der Waals surface area contributed by atoms with E-state index in [-0.39, 0.29) is 6.03 Å². The summed E-state index contributed by atoms with van der Waals surface area (Å²) in [6.07, 6.45) is 5.49. The number of benzene rings is 2. The lowest BCUT2D eigenvalue weighted by atomic mass is 9.97. The molecule has 11 heteroatoms. The first-order valence-corrected chi connectivity index (χ1v) is 13.8. The minimum atomic E-state index is -0.141. The molecule has 2 aliphatic heterocycles. The number of nitrogens with zero attached hydrogens (tertiary/aromatic N) is 4. The Morgan fingerprint density at radius 1 is 1.10 bits per heavy atom. The SMILES string of the molecule is C=CCOCNc1ccccc1Nc1ncc2c(n1)N(CC1CCNCC1)C(=O)N(c1cc(OC)cc(OC)c1)C2. The number of urea groups is 1. The summed E-state index contributed by atoms with van der Waals surface area (Å²) >= 11 is 0. The van der Waals surface area contributed by atoms with Crippen LogP contribution in [0.3, 0.4) is 0 Å². The Morgan fingerprint density at radius 2 is 1.83 bits per heavy atom. The van der Waals surface area contributed by atoms with Crippen molar-refractivity contribution >= 4 is 34.9 Å². The molecule has 0 aliphatic carbocycles. The summed E-state index contributed by atoms with van der Waals surface area (Å²) in [5, 5.41) is 9.99. The van der Waals surface area contributed by atoms with E-state index in [4.69, 9.17) is 19.2 Å². The molecule has 2 aromatic carbocycles. The number of ether oxygens (including phenoxy) is 3. The Bertz CT molecular complexity index is 1340. The monoisotopic (exact) mass is 559 g/mol. The minimum absolute atomic E-state index is 0.141. The van der Waals surface area contributed by atoms with E-state index in [0.29, 0.717) is 61.3 Å². The fraction of sp³-hybridized carbons (Fsp3) is 0.367. The molecule has 2 aliphatic rings. The van der Waals surface area contributed by atoms with Crippen LogP contribution in [0, 0.1) is 5.92 Å². The van der Waals surface area contributed by atoms with Gasteiger partial charge in [-0.1, -0.05) is 18.2 Å². The average molecular weight is 560 g/mol. The molecule has 0 bridgehead atoms. The Labute approximate surface area is 240 Å². The van der Waals surface area contributed by atoms with Gasteiger partial charge in [0.25, 0.3) is 0 Å². The van der Waals surface area contributed by atoms with Gasteiger partial charge in [0.05, 0.1) is 44.4 Å². The highest BCUT2D eigenvalue weighted by Crippen LogP contribution is 2.36. The molecule has 1 saturated heterocycles. The van der Waals surface area contributed by atoms with Gasteiger partial charge < -0.3 is 30.2 Å². The normalized spacial score (nSPS) is 15.3. The van der Waals surface area contributed by atoms with Gasteiger partial charge in [-0.15, -0.1) is 6.58 Å². The molecule has 0 saturated carbocycles. The molecular weight excluding hydrogens is 522 g/mol. The van der Waals surface area contributed by atoms with Gasteiger partial charge in [-0.3, -0.25) is 9.80 Å².